The highest BCUT2D eigenvalue weighted by Gasteiger charge is 2.29. The number of aryl methyl sites for hydroxylation is 1. The summed E-state index contributed by atoms with van der Waals surface area (Å²) in [6.07, 6.45) is 3.26. The van der Waals surface area contributed by atoms with Crippen LogP contribution in [-0.4, -0.2) is 29.8 Å². The standard InChI is InChI=1S/C19H27BrN2O2/c1-4-14(5-2)19(24)22-10-8-15(9-11-22)18(23)21-16-7-6-13(3)17(20)12-16/h6-7,12,14-15H,4-5,8-11H2,1-3H3,(H,21,23). The summed E-state index contributed by atoms with van der Waals surface area (Å²) in [7, 11) is 0. The Bertz CT molecular complexity index is 591. The first-order valence-corrected chi connectivity index (χ1v) is 9.61. The molecule has 0 unspecified atom stereocenters. The molecule has 4 nitrogen and oxygen atoms in total. The number of benzene rings is 1. The van der Waals surface area contributed by atoms with Crippen LogP contribution in [0.5, 0.6) is 0 Å². The number of carbonyl (C=O) groups excluding carboxylic acids is 2. The van der Waals surface area contributed by atoms with E-state index in [0.29, 0.717) is 13.1 Å². The van der Waals surface area contributed by atoms with Crippen molar-refractivity contribution in [2.75, 3.05) is 18.4 Å². The van der Waals surface area contributed by atoms with E-state index in [1.807, 2.05) is 30.0 Å². The molecule has 1 aliphatic heterocycles. The third kappa shape index (κ3) is 4.59. The molecule has 0 aliphatic carbocycles. The van der Waals surface area contributed by atoms with Crippen LogP contribution in [0.3, 0.4) is 0 Å². The highest BCUT2D eigenvalue weighted by atomic mass is 79.9. The lowest BCUT2D eigenvalue weighted by atomic mass is 9.93. The molecule has 0 spiro atoms. The Labute approximate surface area is 153 Å². The predicted octanol–water partition coefficient (Wildman–Crippen LogP) is 4.37. The van der Waals surface area contributed by atoms with E-state index in [1.165, 1.54) is 0 Å². The van der Waals surface area contributed by atoms with E-state index >= 15 is 0 Å². The number of nitrogens with one attached hydrogen (secondary N) is 1. The Morgan fingerprint density at radius 3 is 2.42 bits per heavy atom. The van der Waals surface area contributed by atoms with Gasteiger partial charge in [-0.25, -0.2) is 0 Å². The van der Waals surface area contributed by atoms with Crippen molar-refractivity contribution in [3.05, 3.63) is 28.2 Å². The van der Waals surface area contributed by atoms with Gasteiger partial charge in [-0.15, -0.1) is 0 Å². The molecule has 0 aromatic heterocycles. The number of anilines is 1. The zero-order valence-corrected chi connectivity index (χ0v) is 16.4. The van der Waals surface area contributed by atoms with Gasteiger partial charge < -0.3 is 10.2 Å². The topological polar surface area (TPSA) is 49.4 Å². The largest absolute Gasteiger partial charge is 0.342 e. The summed E-state index contributed by atoms with van der Waals surface area (Å²) in [6.45, 7) is 7.51. The summed E-state index contributed by atoms with van der Waals surface area (Å²) in [5.41, 5.74) is 1.95. The Balaban J connectivity index is 1.88. The minimum atomic E-state index is -0.0177. The van der Waals surface area contributed by atoms with Crippen molar-refractivity contribution < 1.29 is 9.59 Å². The van der Waals surface area contributed by atoms with Crippen LogP contribution in [0.2, 0.25) is 0 Å². The molecule has 0 radical (unpaired) electrons. The number of piperidine rings is 1. The molecular formula is C19H27BrN2O2. The molecule has 1 saturated heterocycles. The Morgan fingerprint density at radius 1 is 1.25 bits per heavy atom. The van der Waals surface area contributed by atoms with Crippen molar-refractivity contribution in [1.29, 1.82) is 0 Å². The maximum atomic E-state index is 12.5. The van der Waals surface area contributed by atoms with E-state index in [0.717, 1.165) is 41.4 Å². The molecular weight excluding hydrogens is 368 g/mol. The molecule has 5 heteroatoms. The second-order valence-corrected chi connectivity index (χ2v) is 7.42. The number of likely N-dealkylation sites (tertiary alicyclic amines) is 1. The molecule has 132 valence electrons. The molecule has 24 heavy (non-hydrogen) atoms. The van der Waals surface area contributed by atoms with Crippen LogP contribution in [0.1, 0.15) is 45.1 Å². The van der Waals surface area contributed by atoms with E-state index in [1.54, 1.807) is 0 Å². The highest BCUT2D eigenvalue weighted by Crippen LogP contribution is 2.24. The van der Waals surface area contributed by atoms with Gasteiger partial charge in [0.1, 0.15) is 0 Å². The lowest BCUT2D eigenvalue weighted by molar-refractivity contribution is -0.138. The second-order valence-electron chi connectivity index (χ2n) is 6.57. The second kappa shape index (κ2) is 8.65. The van der Waals surface area contributed by atoms with Gasteiger partial charge in [-0.3, -0.25) is 9.59 Å². The van der Waals surface area contributed by atoms with Gasteiger partial charge in [0.15, 0.2) is 0 Å². The van der Waals surface area contributed by atoms with Crippen molar-refractivity contribution >= 4 is 33.4 Å². The number of hydrogen-bond acceptors (Lipinski definition) is 2. The molecule has 1 aliphatic rings. The van der Waals surface area contributed by atoms with Crippen LogP contribution in [0, 0.1) is 18.8 Å². The Morgan fingerprint density at radius 2 is 1.88 bits per heavy atom. The summed E-state index contributed by atoms with van der Waals surface area (Å²) in [5, 5.41) is 3.00. The quantitative estimate of drug-likeness (QED) is 0.805. The van der Waals surface area contributed by atoms with Crippen LogP contribution in [-0.2, 0) is 9.59 Å². The third-order valence-corrected chi connectivity index (χ3v) is 5.81. The Hall–Kier alpha value is -1.36. The lowest BCUT2D eigenvalue weighted by Crippen LogP contribution is -2.43. The summed E-state index contributed by atoms with van der Waals surface area (Å²) in [5.74, 6) is 0.415. The van der Waals surface area contributed by atoms with Crippen LogP contribution in [0.25, 0.3) is 0 Å². The summed E-state index contributed by atoms with van der Waals surface area (Å²) >= 11 is 3.49. The number of amides is 2. The molecule has 0 bridgehead atoms. The van der Waals surface area contributed by atoms with Crippen molar-refractivity contribution in [2.45, 2.75) is 46.5 Å². The van der Waals surface area contributed by atoms with E-state index < -0.39 is 0 Å². The predicted molar refractivity (Wildman–Crippen MR) is 101 cm³/mol. The molecule has 0 saturated carbocycles. The van der Waals surface area contributed by atoms with E-state index in [-0.39, 0.29) is 23.7 Å². The molecule has 1 aromatic carbocycles. The zero-order valence-electron chi connectivity index (χ0n) is 14.8. The molecule has 2 rings (SSSR count). The summed E-state index contributed by atoms with van der Waals surface area (Å²) in [6, 6.07) is 5.83. The van der Waals surface area contributed by atoms with Gasteiger partial charge >= 0.3 is 0 Å². The SMILES string of the molecule is CCC(CC)C(=O)N1CCC(C(=O)Nc2ccc(C)c(Br)c2)CC1. The molecule has 1 fully saturated rings. The summed E-state index contributed by atoms with van der Waals surface area (Å²) in [4.78, 5) is 26.8. The van der Waals surface area contributed by atoms with Crippen molar-refractivity contribution in [2.24, 2.45) is 11.8 Å². The Kier molecular flexibility index (Phi) is 6.84. The highest BCUT2D eigenvalue weighted by molar-refractivity contribution is 9.10. The molecule has 1 heterocycles. The van der Waals surface area contributed by atoms with Gasteiger partial charge in [0.05, 0.1) is 0 Å². The summed E-state index contributed by atoms with van der Waals surface area (Å²) < 4.78 is 0.992. The van der Waals surface area contributed by atoms with Gasteiger partial charge in [-0.05, 0) is 50.3 Å². The fraction of sp³-hybridized carbons (Fsp3) is 0.579. The first kappa shape index (κ1) is 19.0. The van der Waals surface area contributed by atoms with Crippen LogP contribution in [0.15, 0.2) is 22.7 Å². The van der Waals surface area contributed by atoms with Gasteiger partial charge in [0.2, 0.25) is 11.8 Å². The van der Waals surface area contributed by atoms with Gasteiger partial charge in [0, 0.05) is 35.1 Å². The number of halogens is 1. The van der Waals surface area contributed by atoms with E-state index in [9.17, 15) is 9.59 Å². The number of rotatable bonds is 5. The minimum absolute atomic E-state index is 0.0177. The van der Waals surface area contributed by atoms with Crippen molar-refractivity contribution in [3.8, 4) is 0 Å². The molecule has 1 aromatic rings. The number of hydrogen-bond donors (Lipinski definition) is 1. The van der Waals surface area contributed by atoms with Crippen LogP contribution >= 0.6 is 15.9 Å². The molecule has 1 N–H and O–H groups in total. The third-order valence-electron chi connectivity index (χ3n) is 4.95. The maximum absolute atomic E-state index is 12.5. The smallest absolute Gasteiger partial charge is 0.227 e. The first-order valence-electron chi connectivity index (χ1n) is 8.82. The van der Waals surface area contributed by atoms with E-state index in [2.05, 4.69) is 35.1 Å². The average Bonchev–Trinajstić information content (AvgIpc) is 2.59. The monoisotopic (exact) mass is 394 g/mol. The van der Waals surface area contributed by atoms with Gasteiger partial charge in [-0.1, -0.05) is 35.8 Å². The van der Waals surface area contributed by atoms with Gasteiger partial charge in [0.25, 0.3) is 0 Å². The first-order chi connectivity index (χ1) is 11.5. The minimum Gasteiger partial charge on any atom is -0.342 e. The van der Waals surface area contributed by atoms with Crippen LogP contribution < -0.4 is 5.32 Å². The number of carbonyl (C=O) groups is 2. The normalized spacial score (nSPS) is 15.6. The average molecular weight is 395 g/mol. The number of nitrogens with zero attached hydrogens (tertiary/aromatic N) is 1. The van der Waals surface area contributed by atoms with Gasteiger partial charge in [-0.2, -0.15) is 0 Å². The fourth-order valence-electron chi connectivity index (χ4n) is 3.17. The van der Waals surface area contributed by atoms with Crippen LogP contribution in [0.4, 0.5) is 5.69 Å². The molecule has 0 atom stereocenters. The maximum Gasteiger partial charge on any atom is 0.227 e. The fourth-order valence-corrected chi connectivity index (χ4v) is 3.55. The molecule has 2 amide bonds. The zero-order chi connectivity index (χ0) is 17.7. The van der Waals surface area contributed by atoms with E-state index in [4.69, 9.17) is 0 Å². The lowest BCUT2D eigenvalue weighted by Gasteiger charge is -2.33. The van der Waals surface area contributed by atoms with Crippen molar-refractivity contribution in [1.82, 2.24) is 4.90 Å². The van der Waals surface area contributed by atoms with Crippen molar-refractivity contribution in [3.63, 3.8) is 0 Å².